The number of anilines is 1. The van der Waals surface area contributed by atoms with E-state index in [2.05, 4.69) is 12.2 Å². The van der Waals surface area contributed by atoms with E-state index in [1.165, 1.54) is 0 Å². The van der Waals surface area contributed by atoms with E-state index in [0.717, 1.165) is 47.9 Å². The van der Waals surface area contributed by atoms with Crippen LogP contribution in [0.15, 0.2) is 36.4 Å². The smallest absolute Gasteiger partial charge is 0.256 e. The molecule has 0 saturated heterocycles. The Morgan fingerprint density at radius 2 is 1.73 bits per heavy atom. The summed E-state index contributed by atoms with van der Waals surface area (Å²) in [5.41, 5.74) is -0.0284. The van der Waals surface area contributed by atoms with Crippen LogP contribution >= 0.6 is 0 Å². The Bertz CT molecular complexity index is 728. The lowest BCUT2D eigenvalue weighted by Crippen LogP contribution is -2.42. The van der Waals surface area contributed by atoms with Gasteiger partial charge in [-0.3, -0.25) is 4.79 Å². The van der Waals surface area contributed by atoms with E-state index in [0.29, 0.717) is 13.2 Å². The second kappa shape index (κ2) is 9.58. The van der Waals surface area contributed by atoms with Crippen molar-refractivity contribution in [2.45, 2.75) is 59.0 Å². The van der Waals surface area contributed by atoms with Crippen LogP contribution < -0.4 is 10.1 Å². The summed E-state index contributed by atoms with van der Waals surface area (Å²) in [5.74, 6) is 0.737. The van der Waals surface area contributed by atoms with Crippen LogP contribution in [0.4, 0.5) is 5.69 Å². The number of ether oxygens (including phenoxy) is 2. The van der Waals surface area contributed by atoms with Gasteiger partial charge in [0, 0.05) is 23.1 Å². The van der Waals surface area contributed by atoms with Crippen LogP contribution in [0, 0.1) is 0 Å². The number of amides is 1. The largest absolute Gasteiger partial charge is 0.493 e. The third-order valence-corrected chi connectivity index (χ3v) is 4.63. The summed E-state index contributed by atoms with van der Waals surface area (Å²) in [7, 11) is 0. The van der Waals surface area contributed by atoms with Crippen molar-refractivity contribution in [2.75, 3.05) is 18.5 Å². The van der Waals surface area contributed by atoms with Gasteiger partial charge >= 0.3 is 0 Å². The summed E-state index contributed by atoms with van der Waals surface area (Å²) < 4.78 is 11.6. The number of carbonyl (C=O) groups is 1. The number of carbonyl (C=O) groups excluding carboxylic acids is 1. The molecule has 142 valence electrons. The molecule has 0 heterocycles. The predicted molar refractivity (Wildman–Crippen MR) is 108 cm³/mol. The number of rotatable bonds is 10. The molecule has 0 radical (unpaired) electrons. The summed E-state index contributed by atoms with van der Waals surface area (Å²) in [6, 6.07) is 11.8. The maximum Gasteiger partial charge on any atom is 0.256 e. The SMILES string of the molecule is CCCCCC(C)(OCC)C(=O)Nc1ccc(OCC)c2ccccc12. The van der Waals surface area contributed by atoms with E-state index in [-0.39, 0.29) is 5.91 Å². The molecular weight excluding hydrogens is 326 g/mol. The van der Waals surface area contributed by atoms with Crippen molar-refractivity contribution in [3.8, 4) is 5.75 Å². The third-order valence-electron chi connectivity index (χ3n) is 4.63. The van der Waals surface area contributed by atoms with Gasteiger partial charge in [-0.25, -0.2) is 0 Å². The van der Waals surface area contributed by atoms with Gasteiger partial charge in [0.25, 0.3) is 5.91 Å². The standard InChI is InChI=1S/C22H31NO3/c1-5-8-11-16-22(4,26-7-3)21(24)23-19-14-15-20(25-6-2)18-13-10-9-12-17(18)19/h9-10,12-15H,5-8,11,16H2,1-4H3,(H,23,24). The molecule has 26 heavy (non-hydrogen) atoms. The number of nitrogens with one attached hydrogen (secondary N) is 1. The molecule has 0 aliphatic carbocycles. The van der Waals surface area contributed by atoms with Crippen molar-refractivity contribution in [3.05, 3.63) is 36.4 Å². The molecule has 4 heteroatoms. The zero-order chi connectivity index (χ0) is 19.0. The molecule has 2 aromatic rings. The predicted octanol–water partition coefficient (Wildman–Crippen LogP) is 5.55. The quantitative estimate of drug-likeness (QED) is 0.567. The Kier molecular flexibility index (Phi) is 7.46. The first-order valence-electron chi connectivity index (χ1n) is 9.65. The van der Waals surface area contributed by atoms with E-state index >= 15 is 0 Å². The van der Waals surface area contributed by atoms with Crippen molar-refractivity contribution >= 4 is 22.4 Å². The molecule has 1 N–H and O–H groups in total. The van der Waals surface area contributed by atoms with Gasteiger partial charge in [-0.1, -0.05) is 50.5 Å². The van der Waals surface area contributed by atoms with Crippen LogP contribution in [0.25, 0.3) is 10.8 Å². The first-order valence-corrected chi connectivity index (χ1v) is 9.65. The van der Waals surface area contributed by atoms with Gasteiger partial charge < -0.3 is 14.8 Å². The highest BCUT2D eigenvalue weighted by Crippen LogP contribution is 2.32. The van der Waals surface area contributed by atoms with Crippen LogP contribution in [0.3, 0.4) is 0 Å². The minimum atomic E-state index is -0.816. The molecule has 0 fully saturated rings. The first-order chi connectivity index (χ1) is 12.6. The Balaban J connectivity index is 2.28. The summed E-state index contributed by atoms with van der Waals surface area (Å²) in [5, 5.41) is 5.06. The fourth-order valence-corrected chi connectivity index (χ4v) is 3.20. The number of hydrogen-bond acceptors (Lipinski definition) is 3. The van der Waals surface area contributed by atoms with Crippen LogP contribution in [0.1, 0.15) is 53.4 Å². The number of benzene rings is 2. The van der Waals surface area contributed by atoms with Crippen molar-refractivity contribution < 1.29 is 14.3 Å². The average molecular weight is 357 g/mol. The lowest BCUT2D eigenvalue weighted by molar-refractivity contribution is -0.139. The first kappa shape index (κ1) is 20.2. The lowest BCUT2D eigenvalue weighted by Gasteiger charge is -2.28. The maximum absolute atomic E-state index is 13.0. The lowest BCUT2D eigenvalue weighted by atomic mass is 9.96. The topological polar surface area (TPSA) is 47.6 Å². The summed E-state index contributed by atoms with van der Waals surface area (Å²) >= 11 is 0. The molecule has 0 aliphatic rings. The van der Waals surface area contributed by atoms with Crippen molar-refractivity contribution in [1.29, 1.82) is 0 Å². The zero-order valence-corrected chi connectivity index (χ0v) is 16.4. The highest BCUT2D eigenvalue weighted by atomic mass is 16.5. The number of hydrogen-bond donors (Lipinski definition) is 1. The second-order valence-electron chi connectivity index (χ2n) is 6.66. The van der Waals surface area contributed by atoms with Gasteiger partial charge in [0.1, 0.15) is 11.4 Å². The molecule has 2 rings (SSSR count). The minimum Gasteiger partial charge on any atom is -0.493 e. The van der Waals surface area contributed by atoms with E-state index in [1.54, 1.807) is 0 Å². The fraction of sp³-hybridized carbons (Fsp3) is 0.500. The Labute approximate surface area is 156 Å². The Morgan fingerprint density at radius 1 is 1.00 bits per heavy atom. The van der Waals surface area contributed by atoms with E-state index in [4.69, 9.17) is 9.47 Å². The van der Waals surface area contributed by atoms with E-state index < -0.39 is 5.60 Å². The van der Waals surface area contributed by atoms with Gasteiger partial charge in [-0.15, -0.1) is 0 Å². The molecule has 4 nitrogen and oxygen atoms in total. The molecule has 1 amide bonds. The van der Waals surface area contributed by atoms with Crippen LogP contribution in [0.2, 0.25) is 0 Å². The average Bonchev–Trinajstić information content (AvgIpc) is 2.64. The minimum absolute atomic E-state index is 0.0928. The molecule has 1 unspecified atom stereocenters. The Hall–Kier alpha value is -2.07. The van der Waals surface area contributed by atoms with Crippen LogP contribution in [-0.4, -0.2) is 24.7 Å². The molecule has 0 saturated carbocycles. The second-order valence-corrected chi connectivity index (χ2v) is 6.66. The highest BCUT2D eigenvalue weighted by Gasteiger charge is 2.33. The van der Waals surface area contributed by atoms with Crippen LogP contribution in [-0.2, 0) is 9.53 Å². The molecule has 0 aromatic heterocycles. The Morgan fingerprint density at radius 3 is 2.38 bits per heavy atom. The normalized spacial score (nSPS) is 13.4. The van der Waals surface area contributed by atoms with E-state index in [1.807, 2.05) is 57.2 Å². The van der Waals surface area contributed by atoms with Gasteiger partial charge in [-0.05, 0) is 39.3 Å². The number of unbranched alkanes of at least 4 members (excludes halogenated alkanes) is 2. The van der Waals surface area contributed by atoms with E-state index in [9.17, 15) is 4.79 Å². The molecule has 1 atom stereocenters. The highest BCUT2D eigenvalue weighted by molar-refractivity contribution is 6.06. The fourth-order valence-electron chi connectivity index (χ4n) is 3.20. The maximum atomic E-state index is 13.0. The molecular formula is C22H31NO3. The molecule has 0 aliphatic heterocycles. The van der Waals surface area contributed by atoms with Gasteiger partial charge in [0.05, 0.1) is 6.61 Å². The number of fused-ring (bicyclic) bond motifs is 1. The van der Waals surface area contributed by atoms with Gasteiger partial charge in [0.2, 0.25) is 0 Å². The molecule has 2 aromatic carbocycles. The molecule has 0 spiro atoms. The van der Waals surface area contributed by atoms with Crippen molar-refractivity contribution in [1.82, 2.24) is 0 Å². The van der Waals surface area contributed by atoms with Crippen LogP contribution in [0.5, 0.6) is 5.75 Å². The summed E-state index contributed by atoms with van der Waals surface area (Å²) in [6.45, 7) is 9.06. The van der Waals surface area contributed by atoms with Crippen molar-refractivity contribution in [3.63, 3.8) is 0 Å². The summed E-state index contributed by atoms with van der Waals surface area (Å²) in [4.78, 5) is 13.0. The monoisotopic (exact) mass is 357 g/mol. The van der Waals surface area contributed by atoms with Gasteiger partial charge in [0.15, 0.2) is 0 Å². The third kappa shape index (κ3) is 4.76. The summed E-state index contributed by atoms with van der Waals surface area (Å²) in [6.07, 6.45) is 3.91. The van der Waals surface area contributed by atoms with Gasteiger partial charge in [-0.2, -0.15) is 0 Å². The zero-order valence-electron chi connectivity index (χ0n) is 16.4. The molecule has 0 bridgehead atoms. The van der Waals surface area contributed by atoms with Crippen molar-refractivity contribution in [2.24, 2.45) is 0 Å².